The van der Waals surface area contributed by atoms with Crippen LogP contribution in [-0.2, 0) is 16.3 Å². The van der Waals surface area contributed by atoms with Gasteiger partial charge in [0.1, 0.15) is 0 Å². The summed E-state index contributed by atoms with van der Waals surface area (Å²) in [5, 5.41) is 0. The second-order valence-corrected chi connectivity index (χ2v) is 7.89. The van der Waals surface area contributed by atoms with Crippen LogP contribution < -0.4 is 10.6 Å². The molecule has 1 saturated heterocycles. The van der Waals surface area contributed by atoms with Gasteiger partial charge in [0, 0.05) is 19.3 Å². The molecule has 1 aromatic rings. The first-order valence-electron chi connectivity index (χ1n) is 7.16. The lowest BCUT2D eigenvalue weighted by Gasteiger charge is -2.44. The predicted molar refractivity (Wildman–Crippen MR) is 83.9 cm³/mol. The molecule has 1 heterocycles. The molecule has 1 aliphatic rings. The first-order chi connectivity index (χ1) is 9.42. The Morgan fingerprint density at radius 1 is 1.30 bits per heavy atom. The molecule has 2 N–H and O–H groups in total. The molecule has 0 aliphatic carbocycles. The highest BCUT2D eigenvalue weighted by molar-refractivity contribution is 7.91. The van der Waals surface area contributed by atoms with E-state index in [0.29, 0.717) is 13.0 Å². The van der Waals surface area contributed by atoms with E-state index in [1.165, 1.54) is 5.56 Å². The van der Waals surface area contributed by atoms with Crippen LogP contribution in [0.3, 0.4) is 0 Å². The van der Waals surface area contributed by atoms with E-state index >= 15 is 0 Å². The van der Waals surface area contributed by atoms with Crippen molar-refractivity contribution in [3.05, 3.63) is 29.8 Å². The molecule has 1 atom stereocenters. The van der Waals surface area contributed by atoms with Crippen molar-refractivity contribution in [2.75, 3.05) is 30.0 Å². The second kappa shape index (κ2) is 5.74. The minimum absolute atomic E-state index is 0.155. The number of anilines is 1. The molecule has 1 aliphatic heterocycles. The van der Waals surface area contributed by atoms with E-state index < -0.39 is 15.4 Å². The summed E-state index contributed by atoms with van der Waals surface area (Å²) >= 11 is 0. The van der Waals surface area contributed by atoms with Gasteiger partial charge in [-0.2, -0.15) is 0 Å². The zero-order chi connectivity index (χ0) is 14.8. The van der Waals surface area contributed by atoms with E-state index in [9.17, 15) is 8.42 Å². The fourth-order valence-electron chi connectivity index (χ4n) is 2.97. The SMILES string of the molecule is CCc1ccc(N(C)C2(CN)CCCS(=O)(=O)C2)cc1. The van der Waals surface area contributed by atoms with E-state index in [-0.39, 0.29) is 11.5 Å². The largest absolute Gasteiger partial charge is 0.367 e. The first kappa shape index (κ1) is 15.3. The molecular formula is C15H24N2O2S. The number of hydrogen-bond acceptors (Lipinski definition) is 4. The summed E-state index contributed by atoms with van der Waals surface area (Å²) < 4.78 is 24.0. The van der Waals surface area contributed by atoms with Crippen molar-refractivity contribution in [2.24, 2.45) is 5.73 Å². The van der Waals surface area contributed by atoms with E-state index in [1.54, 1.807) is 0 Å². The standard InChI is InChI=1S/C15H24N2O2S/c1-3-13-5-7-14(8-6-13)17(2)15(11-16)9-4-10-20(18,19)12-15/h5-8H,3-4,9-12,16H2,1-2H3. The molecule has 1 fully saturated rings. The quantitative estimate of drug-likeness (QED) is 0.916. The van der Waals surface area contributed by atoms with Gasteiger partial charge in [0.15, 0.2) is 9.84 Å². The molecular weight excluding hydrogens is 272 g/mol. The highest BCUT2D eigenvalue weighted by Crippen LogP contribution is 2.31. The minimum Gasteiger partial charge on any atom is -0.367 e. The lowest BCUT2D eigenvalue weighted by Crippen LogP contribution is -2.59. The molecule has 0 spiro atoms. The maximum Gasteiger partial charge on any atom is 0.152 e. The Kier molecular flexibility index (Phi) is 4.39. The summed E-state index contributed by atoms with van der Waals surface area (Å²) in [5.74, 6) is 0.444. The third kappa shape index (κ3) is 2.99. The predicted octanol–water partition coefficient (Wildman–Crippen LogP) is 1.59. The second-order valence-electron chi connectivity index (χ2n) is 5.70. The van der Waals surface area contributed by atoms with E-state index in [2.05, 4.69) is 36.1 Å². The fourth-order valence-corrected chi connectivity index (χ4v) is 4.97. The van der Waals surface area contributed by atoms with Gasteiger partial charge in [-0.05, 0) is 37.0 Å². The Morgan fingerprint density at radius 3 is 2.45 bits per heavy atom. The molecule has 0 aromatic heterocycles. The summed E-state index contributed by atoms with van der Waals surface area (Å²) in [5.41, 5.74) is 7.79. The van der Waals surface area contributed by atoms with Crippen molar-refractivity contribution in [1.82, 2.24) is 0 Å². The topological polar surface area (TPSA) is 63.4 Å². The van der Waals surface area contributed by atoms with Crippen LogP contribution in [-0.4, -0.2) is 39.1 Å². The van der Waals surface area contributed by atoms with Crippen molar-refractivity contribution < 1.29 is 8.42 Å². The van der Waals surface area contributed by atoms with Crippen LogP contribution in [0.5, 0.6) is 0 Å². The number of nitrogens with zero attached hydrogens (tertiary/aromatic N) is 1. The number of sulfone groups is 1. The van der Waals surface area contributed by atoms with Crippen LogP contribution in [0, 0.1) is 0 Å². The highest BCUT2D eigenvalue weighted by Gasteiger charge is 2.41. The zero-order valence-electron chi connectivity index (χ0n) is 12.3. The van der Waals surface area contributed by atoms with Crippen LogP contribution in [0.4, 0.5) is 5.69 Å². The molecule has 1 aromatic carbocycles. The molecule has 5 heteroatoms. The van der Waals surface area contributed by atoms with E-state index in [1.807, 2.05) is 7.05 Å². The van der Waals surface area contributed by atoms with Gasteiger partial charge < -0.3 is 10.6 Å². The molecule has 0 radical (unpaired) electrons. The summed E-state index contributed by atoms with van der Waals surface area (Å²) in [6.45, 7) is 2.48. The Morgan fingerprint density at radius 2 is 1.95 bits per heavy atom. The van der Waals surface area contributed by atoms with Gasteiger partial charge in [-0.1, -0.05) is 19.1 Å². The summed E-state index contributed by atoms with van der Waals surface area (Å²) in [4.78, 5) is 2.06. The highest BCUT2D eigenvalue weighted by atomic mass is 32.2. The van der Waals surface area contributed by atoms with E-state index in [4.69, 9.17) is 5.73 Å². The number of hydrogen-bond donors (Lipinski definition) is 1. The molecule has 0 amide bonds. The van der Waals surface area contributed by atoms with Crippen molar-refractivity contribution in [1.29, 1.82) is 0 Å². The number of likely N-dealkylation sites (N-methyl/N-ethyl adjacent to an activating group) is 1. The number of nitrogens with two attached hydrogens (primary N) is 1. The molecule has 0 bridgehead atoms. The third-order valence-corrected chi connectivity index (χ3v) is 6.30. The van der Waals surface area contributed by atoms with Gasteiger partial charge in [-0.25, -0.2) is 8.42 Å². The monoisotopic (exact) mass is 296 g/mol. The van der Waals surface area contributed by atoms with Crippen molar-refractivity contribution in [2.45, 2.75) is 31.7 Å². The number of aryl methyl sites for hydroxylation is 1. The minimum atomic E-state index is -2.99. The summed E-state index contributed by atoms with van der Waals surface area (Å²) in [6.07, 6.45) is 2.52. The zero-order valence-corrected chi connectivity index (χ0v) is 13.1. The van der Waals surface area contributed by atoms with E-state index in [0.717, 1.165) is 18.5 Å². The molecule has 1 unspecified atom stereocenters. The third-order valence-electron chi connectivity index (χ3n) is 4.41. The Bertz CT molecular complexity index is 554. The fraction of sp³-hybridized carbons (Fsp3) is 0.600. The summed E-state index contributed by atoms with van der Waals surface area (Å²) in [6, 6.07) is 8.29. The lowest BCUT2D eigenvalue weighted by molar-refractivity contribution is 0.398. The van der Waals surface area contributed by atoms with Crippen LogP contribution in [0.15, 0.2) is 24.3 Å². The number of rotatable bonds is 4. The Balaban J connectivity index is 2.30. The smallest absolute Gasteiger partial charge is 0.152 e. The van der Waals surface area contributed by atoms with Crippen LogP contribution in [0.2, 0.25) is 0 Å². The normalized spacial score (nSPS) is 25.4. The van der Waals surface area contributed by atoms with Gasteiger partial charge in [-0.15, -0.1) is 0 Å². The molecule has 112 valence electrons. The number of benzene rings is 1. The van der Waals surface area contributed by atoms with Gasteiger partial charge >= 0.3 is 0 Å². The van der Waals surface area contributed by atoms with Crippen LogP contribution in [0.25, 0.3) is 0 Å². The van der Waals surface area contributed by atoms with Crippen molar-refractivity contribution >= 4 is 15.5 Å². The summed E-state index contributed by atoms with van der Waals surface area (Å²) in [7, 11) is -1.04. The maximum atomic E-state index is 12.0. The van der Waals surface area contributed by atoms with Gasteiger partial charge in [0.2, 0.25) is 0 Å². The van der Waals surface area contributed by atoms with Gasteiger partial charge in [-0.3, -0.25) is 0 Å². The average Bonchev–Trinajstić information content (AvgIpc) is 2.45. The van der Waals surface area contributed by atoms with Gasteiger partial charge in [0.05, 0.1) is 17.0 Å². The van der Waals surface area contributed by atoms with Gasteiger partial charge in [0.25, 0.3) is 0 Å². The Hall–Kier alpha value is -1.07. The van der Waals surface area contributed by atoms with Crippen LogP contribution >= 0.6 is 0 Å². The Labute approximate surface area is 121 Å². The molecule has 20 heavy (non-hydrogen) atoms. The molecule has 2 rings (SSSR count). The average molecular weight is 296 g/mol. The van der Waals surface area contributed by atoms with Crippen molar-refractivity contribution in [3.8, 4) is 0 Å². The molecule has 0 saturated carbocycles. The lowest BCUT2D eigenvalue weighted by atomic mass is 9.93. The molecule has 4 nitrogen and oxygen atoms in total. The first-order valence-corrected chi connectivity index (χ1v) is 8.98. The maximum absolute atomic E-state index is 12.0. The van der Waals surface area contributed by atoms with Crippen molar-refractivity contribution in [3.63, 3.8) is 0 Å². The van der Waals surface area contributed by atoms with Crippen LogP contribution in [0.1, 0.15) is 25.3 Å².